The molecule has 17 heavy (non-hydrogen) atoms. The largest absolute Gasteiger partial charge is 0.390 e. The van der Waals surface area contributed by atoms with Crippen LogP contribution in [0.2, 0.25) is 0 Å². The number of aliphatic hydroxyl groups is 1. The number of aromatic nitrogens is 2. The Balaban J connectivity index is 2.09. The Labute approximate surface area is 101 Å². The molecule has 0 unspecified atom stereocenters. The number of rotatable bonds is 1. The van der Waals surface area contributed by atoms with Gasteiger partial charge in [-0.05, 0) is 32.8 Å². The summed E-state index contributed by atoms with van der Waals surface area (Å²) >= 11 is 0. The SMILES string of the molecule is Cc1cc(C(=O)N2CCC(C)(O)CC2)n(C)n1. The average Bonchev–Trinajstić information content (AvgIpc) is 2.57. The number of amides is 1. The fourth-order valence-electron chi connectivity index (χ4n) is 2.16. The number of carbonyl (C=O) groups excluding carboxylic acids is 1. The molecular formula is C12H19N3O2. The molecule has 1 fully saturated rings. The van der Waals surface area contributed by atoms with Crippen molar-refractivity contribution in [3.8, 4) is 0 Å². The lowest BCUT2D eigenvalue weighted by Crippen LogP contribution is -2.45. The molecule has 2 rings (SSSR count). The first-order valence-corrected chi connectivity index (χ1v) is 5.91. The van der Waals surface area contributed by atoms with Gasteiger partial charge in [-0.2, -0.15) is 5.10 Å². The van der Waals surface area contributed by atoms with Gasteiger partial charge in [0.1, 0.15) is 5.69 Å². The maximum absolute atomic E-state index is 12.2. The van der Waals surface area contributed by atoms with E-state index in [1.807, 2.05) is 13.8 Å². The molecular weight excluding hydrogens is 218 g/mol. The molecule has 1 aliphatic heterocycles. The van der Waals surface area contributed by atoms with Gasteiger partial charge >= 0.3 is 0 Å². The van der Waals surface area contributed by atoms with E-state index >= 15 is 0 Å². The number of piperidine rings is 1. The molecule has 0 atom stereocenters. The summed E-state index contributed by atoms with van der Waals surface area (Å²) in [6.07, 6.45) is 1.27. The molecule has 0 spiro atoms. The van der Waals surface area contributed by atoms with E-state index in [2.05, 4.69) is 5.10 Å². The topological polar surface area (TPSA) is 58.4 Å². The maximum Gasteiger partial charge on any atom is 0.272 e. The Bertz CT molecular complexity index is 427. The van der Waals surface area contributed by atoms with Crippen LogP contribution < -0.4 is 0 Å². The van der Waals surface area contributed by atoms with Crippen LogP contribution in [0, 0.1) is 6.92 Å². The summed E-state index contributed by atoms with van der Waals surface area (Å²) in [6, 6.07) is 1.80. The third kappa shape index (κ3) is 2.49. The van der Waals surface area contributed by atoms with Crippen molar-refractivity contribution in [2.24, 2.45) is 7.05 Å². The van der Waals surface area contributed by atoms with Crippen molar-refractivity contribution in [2.75, 3.05) is 13.1 Å². The van der Waals surface area contributed by atoms with E-state index in [4.69, 9.17) is 0 Å². The number of likely N-dealkylation sites (tertiary alicyclic amines) is 1. The summed E-state index contributed by atoms with van der Waals surface area (Å²) < 4.78 is 1.62. The van der Waals surface area contributed by atoms with Gasteiger partial charge in [-0.3, -0.25) is 9.48 Å². The molecule has 1 aliphatic rings. The second-order valence-corrected chi connectivity index (χ2v) is 5.08. The van der Waals surface area contributed by atoms with E-state index in [0.717, 1.165) is 5.69 Å². The summed E-state index contributed by atoms with van der Waals surface area (Å²) in [5.74, 6) is 0.00333. The molecule has 5 heteroatoms. The predicted molar refractivity (Wildman–Crippen MR) is 63.7 cm³/mol. The quantitative estimate of drug-likeness (QED) is 0.782. The fourth-order valence-corrected chi connectivity index (χ4v) is 2.16. The van der Waals surface area contributed by atoms with Crippen molar-refractivity contribution in [2.45, 2.75) is 32.3 Å². The van der Waals surface area contributed by atoms with Crippen molar-refractivity contribution in [3.05, 3.63) is 17.5 Å². The first-order valence-electron chi connectivity index (χ1n) is 5.91. The number of carbonyl (C=O) groups is 1. The smallest absolute Gasteiger partial charge is 0.272 e. The number of nitrogens with zero attached hydrogens (tertiary/aromatic N) is 3. The van der Waals surface area contributed by atoms with E-state index in [0.29, 0.717) is 31.6 Å². The maximum atomic E-state index is 12.2. The second kappa shape index (κ2) is 4.14. The van der Waals surface area contributed by atoms with Crippen molar-refractivity contribution in [1.82, 2.24) is 14.7 Å². The lowest BCUT2D eigenvalue weighted by atomic mass is 9.94. The zero-order valence-electron chi connectivity index (χ0n) is 10.6. The molecule has 5 nitrogen and oxygen atoms in total. The van der Waals surface area contributed by atoms with E-state index in [1.165, 1.54) is 0 Å². The molecule has 0 bridgehead atoms. The minimum atomic E-state index is -0.626. The molecule has 94 valence electrons. The van der Waals surface area contributed by atoms with Crippen LogP contribution in [0.3, 0.4) is 0 Å². The van der Waals surface area contributed by atoms with E-state index in [9.17, 15) is 9.90 Å². The highest BCUT2D eigenvalue weighted by molar-refractivity contribution is 5.92. The van der Waals surface area contributed by atoms with E-state index in [-0.39, 0.29) is 5.91 Å². The molecule has 1 N–H and O–H groups in total. The van der Waals surface area contributed by atoms with Crippen LogP contribution in [-0.2, 0) is 7.05 Å². The molecule has 1 amide bonds. The van der Waals surface area contributed by atoms with Crippen molar-refractivity contribution in [1.29, 1.82) is 0 Å². The normalized spacial score (nSPS) is 19.4. The van der Waals surface area contributed by atoms with Crippen LogP contribution in [0.1, 0.15) is 35.9 Å². The van der Waals surface area contributed by atoms with Gasteiger partial charge in [-0.15, -0.1) is 0 Å². The van der Waals surface area contributed by atoms with Crippen LogP contribution in [0.5, 0.6) is 0 Å². The van der Waals surface area contributed by atoms with Gasteiger partial charge in [0, 0.05) is 20.1 Å². The first-order chi connectivity index (χ1) is 7.89. The molecule has 1 aromatic heterocycles. The minimum Gasteiger partial charge on any atom is -0.390 e. The number of hydrogen-bond acceptors (Lipinski definition) is 3. The van der Waals surface area contributed by atoms with E-state index in [1.54, 1.807) is 22.7 Å². The number of hydrogen-bond donors (Lipinski definition) is 1. The summed E-state index contributed by atoms with van der Waals surface area (Å²) in [5, 5.41) is 14.0. The predicted octanol–water partition coefficient (Wildman–Crippen LogP) is 0.716. The monoisotopic (exact) mass is 237 g/mol. The Kier molecular flexibility index (Phi) is 2.95. The third-order valence-corrected chi connectivity index (χ3v) is 3.35. The highest BCUT2D eigenvalue weighted by Crippen LogP contribution is 2.22. The highest BCUT2D eigenvalue weighted by atomic mass is 16.3. The first kappa shape index (κ1) is 12.1. The van der Waals surface area contributed by atoms with Crippen molar-refractivity contribution >= 4 is 5.91 Å². The molecule has 0 saturated carbocycles. The standard InChI is InChI=1S/C12H19N3O2/c1-9-8-10(14(3)13-9)11(16)15-6-4-12(2,17)5-7-15/h8,17H,4-7H2,1-3H3. The highest BCUT2D eigenvalue weighted by Gasteiger charge is 2.30. The Morgan fingerprint density at radius 1 is 1.47 bits per heavy atom. The van der Waals surface area contributed by atoms with Crippen LogP contribution in [0.15, 0.2) is 6.07 Å². The van der Waals surface area contributed by atoms with Crippen LogP contribution in [-0.4, -0.2) is 44.4 Å². The van der Waals surface area contributed by atoms with Gasteiger partial charge in [0.25, 0.3) is 5.91 Å². The fraction of sp³-hybridized carbons (Fsp3) is 0.667. The average molecular weight is 237 g/mol. The minimum absolute atomic E-state index is 0.00333. The molecule has 1 aromatic rings. The van der Waals surface area contributed by atoms with Gasteiger partial charge in [0.05, 0.1) is 11.3 Å². The Hall–Kier alpha value is -1.36. The van der Waals surface area contributed by atoms with Gasteiger partial charge in [-0.25, -0.2) is 0 Å². The van der Waals surface area contributed by atoms with Gasteiger partial charge < -0.3 is 10.0 Å². The summed E-state index contributed by atoms with van der Waals surface area (Å²) in [6.45, 7) is 4.91. The molecule has 0 aliphatic carbocycles. The van der Waals surface area contributed by atoms with Gasteiger partial charge in [0.15, 0.2) is 0 Å². The Morgan fingerprint density at radius 3 is 2.53 bits per heavy atom. The molecule has 0 radical (unpaired) electrons. The third-order valence-electron chi connectivity index (χ3n) is 3.35. The van der Waals surface area contributed by atoms with Crippen LogP contribution in [0.25, 0.3) is 0 Å². The zero-order chi connectivity index (χ0) is 12.6. The lowest BCUT2D eigenvalue weighted by Gasteiger charge is -2.35. The van der Waals surface area contributed by atoms with Gasteiger partial charge in [0.2, 0.25) is 0 Å². The summed E-state index contributed by atoms with van der Waals surface area (Å²) in [4.78, 5) is 14.0. The zero-order valence-corrected chi connectivity index (χ0v) is 10.6. The number of aryl methyl sites for hydroxylation is 2. The van der Waals surface area contributed by atoms with E-state index < -0.39 is 5.60 Å². The van der Waals surface area contributed by atoms with Crippen molar-refractivity contribution < 1.29 is 9.90 Å². The Morgan fingerprint density at radius 2 is 2.06 bits per heavy atom. The van der Waals surface area contributed by atoms with Crippen LogP contribution >= 0.6 is 0 Å². The lowest BCUT2D eigenvalue weighted by molar-refractivity contribution is -0.00231. The summed E-state index contributed by atoms with van der Waals surface area (Å²) in [5.41, 5.74) is 0.836. The molecule has 1 saturated heterocycles. The van der Waals surface area contributed by atoms with Crippen LogP contribution in [0.4, 0.5) is 0 Å². The van der Waals surface area contributed by atoms with Gasteiger partial charge in [-0.1, -0.05) is 0 Å². The second-order valence-electron chi connectivity index (χ2n) is 5.08. The van der Waals surface area contributed by atoms with Crippen molar-refractivity contribution in [3.63, 3.8) is 0 Å². The molecule has 2 heterocycles. The molecule has 0 aromatic carbocycles. The summed E-state index contributed by atoms with van der Waals surface area (Å²) in [7, 11) is 1.78.